The van der Waals surface area contributed by atoms with Crippen molar-refractivity contribution in [3.63, 3.8) is 0 Å². The zero-order valence-electron chi connectivity index (χ0n) is 8.24. The monoisotopic (exact) mass is 222 g/mol. The van der Waals surface area contributed by atoms with Gasteiger partial charge in [0, 0.05) is 24.0 Å². The van der Waals surface area contributed by atoms with Crippen molar-refractivity contribution in [2.75, 3.05) is 11.1 Å². The molecule has 0 aliphatic carbocycles. The summed E-state index contributed by atoms with van der Waals surface area (Å²) < 4.78 is 1.65. The number of rotatable bonds is 2. The van der Waals surface area contributed by atoms with Crippen LogP contribution in [0.5, 0.6) is 0 Å². The van der Waals surface area contributed by atoms with Crippen molar-refractivity contribution >= 4 is 28.8 Å². The smallest absolute Gasteiger partial charge is 0.175 e. The molecule has 5 heteroatoms. The van der Waals surface area contributed by atoms with Crippen molar-refractivity contribution in [3.05, 3.63) is 35.5 Å². The molecule has 78 valence electrons. The van der Waals surface area contributed by atoms with E-state index < -0.39 is 0 Å². The Morgan fingerprint density at radius 2 is 2.27 bits per heavy atom. The molecule has 1 aromatic heterocycles. The number of nitrogen functional groups attached to an aromatic ring is 1. The minimum absolute atomic E-state index is 0.609. The Balaban J connectivity index is 2.25. The number of halogens is 1. The molecule has 3 N–H and O–H groups in total. The quantitative estimate of drug-likeness (QED) is 0.821. The van der Waals surface area contributed by atoms with E-state index in [0.29, 0.717) is 16.5 Å². The van der Waals surface area contributed by atoms with Crippen LogP contribution in [0.4, 0.5) is 17.2 Å². The summed E-state index contributed by atoms with van der Waals surface area (Å²) >= 11 is 5.86. The zero-order chi connectivity index (χ0) is 10.8. The molecule has 1 aromatic carbocycles. The summed E-state index contributed by atoms with van der Waals surface area (Å²) in [5, 5.41) is 7.94. The molecule has 0 unspecified atom stereocenters. The van der Waals surface area contributed by atoms with Crippen LogP contribution in [0.15, 0.2) is 30.5 Å². The second-order valence-corrected chi connectivity index (χ2v) is 3.68. The summed E-state index contributed by atoms with van der Waals surface area (Å²) in [6.07, 6.45) is 1.74. The van der Waals surface area contributed by atoms with Crippen molar-refractivity contribution < 1.29 is 0 Å². The van der Waals surface area contributed by atoms with Gasteiger partial charge >= 0.3 is 0 Å². The van der Waals surface area contributed by atoms with Crippen molar-refractivity contribution in [2.24, 2.45) is 7.05 Å². The number of nitrogens with two attached hydrogens (primary N) is 1. The van der Waals surface area contributed by atoms with Gasteiger partial charge in [-0.05, 0) is 18.2 Å². The standard InChI is InChI=1S/C10H11ClN4/c1-15-6-9(12)10(14-15)13-8-4-2-3-7(11)5-8/h2-6H,12H2,1H3,(H,13,14). The second kappa shape index (κ2) is 3.82. The molecule has 0 amide bonds. The van der Waals surface area contributed by atoms with Gasteiger partial charge in [-0.15, -0.1) is 0 Å². The molecule has 2 aromatic rings. The van der Waals surface area contributed by atoms with E-state index in [4.69, 9.17) is 17.3 Å². The minimum atomic E-state index is 0.609. The van der Waals surface area contributed by atoms with Gasteiger partial charge in [0.25, 0.3) is 0 Å². The molecule has 0 spiro atoms. The number of nitrogens with zero attached hydrogens (tertiary/aromatic N) is 2. The third kappa shape index (κ3) is 2.22. The molecule has 15 heavy (non-hydrogen) atoms. The summed E-state index contributed by atoms with van der Waals surface area (Å²) in [5.41, 5.74) is 7.23. The highest BCUT2D eigenvalue weighted by molar-refractivity contribution is 6.30. The number of benzene rings is 1. The fraction of sp³-hybridized carbons (Fsp3) is 0.100. The first kappa shape index (κ1) is 9.86. The molecule has 0 bridgehead atoms. The van der Waals surface area contributed by atoms with Crippen LogP contribution < -0.4 is 11.1 Å². The average molecular weight is 223 g/mol. The second-order valence-electron chi connectivity index (χ2n) is 3.24. The van der Waals surface area contributed by atoms with Gasteiger partial charge in [-0.2, -0.15) is 5.10 Å². The van der Waals surface area contributed by atoms with Gasteiger partial charge in [0.15, 0.2) is 5.82 Å². The van der Waals surface area contributed by atoms with E-state index in [0.717, 1.165) is 5.69 Å². The summed E-state index contributed by atoms with van der Waals surface area (Å²) in [6, 6.07) is 7.40. The van der Waals surface area contributed by atoms with Crippen LogP contribution in [0.25, 0.3) is 0 Å². The van der Waals surface area contributed by atoms with Gasteiger partial charge in [0.1, 0.15) is 0 Å². The Hall–Kier alpha value is -1.68. The molecular formula is C10H11ClN4. The Morgan fingerprint density at radius 1 is 1.47 bits per heavy atom. The number of hydrogen-bond acceptors (Lipinski definition) is 3. The van der Waals surface area contributed by atoms with Crippen molar-refractivity contribution in [1.29, 1.82) is 0 Å². The molecule has 1 heterocycles. The van der Waals surface area contributed by atoms with E-state index >= 15 is 0 Å². The van der Waals surface area contributed by atoms with Gasteiger partial charge in [-0.1, -0.05) is 17.7 Å². The molecule has 0 fully saturated rings. The van der Waals surface area contributed by atoms with Crippen LogP contribution in [0.1, 0.15) is 0 Å². The topological polar surface area (TPSA) is 55.9 Å². The van der Waals surface area contributed by atoms with Crippen LogP contribution in [0, 0.1) is 0 Å². The number of anilines is 3. The lowest BCUT2D eigenvalue weighted by atomic mass is 10.3. The van der Waals surface area contributed by atoms with Crippen molar-refractivity contribution in [1.82, 2.24) is 9.78 Å². The van der Waals surface area contributed by atoms with Gasteiger partial charge < -0.3 is 11.1 Å². The van der Waals surface area contributed by atoms with Crippen LogP contribution in [0.3, 0.4) is 0 Å². The van der Waals surface area contributed by atoms with Crippen molar-refractivity contribution in [2.45, 2.75) is 0 Å². The van der Waals surface area contributed by atoms with E-state index in [9.17, 15) is 0 Å². The van der Waals surface area contributed by atoms with Crippen LogP contribution in [0.2, 0.25) is 5.02 Å². The molecule has 2 rings (SSSR count). The van der Waals surface area contributed by atoms with Gasteiger partial charge in [0.05, 0.1) is 5.69 Å². The first-order chi connectivity index (χ1) is 7.15. The molecule has 0 aliphatic rings. The van der Waals surface area contributed by atoms with Gasteiger partial charge in [0.2, 0.25) is 0 Å². The summed E-state index contributed by atoms with van der Waals surface area (Å²) in [7, 11) is 1.82. The van der Waals surface area contributed by atoms with E-state index in [-0.39, 0.29) is 0 Å². The average Bonchev–Trinajstić information content (AvgIpc) is 2.45. The lowest BCUT2D eigenvalue weighted by Crippen LogP contribution is -1.95. The number of hydrogen-bond donors (Lipinski definition) is 2. The lowest BCUT2D eigenvalue weighted by molar-refractivity contribution is 0.771. The molecule has 4 nitrogen and oxygen atoms in total. The molecule has 0 atom stereocenters. The maximum absolute atomic E-state index is 5.86. The Bertz CT molecular complexity index is 478. The van der Waals surface area contributed by atoms with E-state index in [1.165, 1.54) is 0 Å². The molecule has 0 aliphatic heterocycles. The van der Waals surface area contributed by atoms with Crippen LogP contribution in [-0.2, 0) is 7.05 Å². The van der Waals surface area contributed by atoms with Gasteiger partial charge in [-0.25, -0.2) is 0 Å². The summed E-state index contributed by atoms with van der Waals surface area (Å²) in [6.45, 7) is 0. The van der Waals surface area contributed by atoms with Crippen LogP contribution in [-0.4, -0.2) is 9.78 Å². The minimum Gasteiger partial charge on any atom is -0.394 e. The maximum Gasteiger partial charge on any atom is 0.175 e. The largest absolute Gasteiger partial charge is 0.394 e. The summed E-state index contributed by atoms with van der Waals surface area (Å²) in [4.78, 5) is 0. The Kier molecular flexibility index (Phi) is 2.51. The first-order valence-electron chi connectivity index (χ1n) is 4.47. The van der Waals surface area contributed by atoms with Gasteiger partial charge in [-0.3, -0.25) is 4.68 Å². The third-order valence-electron chi connectivity index (χ3n) is 1.94. The number of aromatic nitrogens is 2. The predicted molar refractivity (Wildman–Crippen MR) is 62.4 cm³/mol. The Morgan fingerprint density at radius 3 is 2.87 bits per heavy atom. The highest BCUT2D eigenvalue weighted by atomic mass is 35.5. The van der Waals surface area contributed by atoms with Crippen LogP contribution >= 0.6 is 11.6 Å². The third-order valence-corrected chi connectivity index (χ3v) is 2.18. The molecule has 0 radical (unpaired) electrons. The summed E-state index contributed by atoms with van der Waals surface area (Å²) in [5.74, 6) is 0.639. The first-order valence-corrected chi connectivity index (χ1v) is 4.84. The molecular weight excluding hydrogens is 212 g/mol. The van der Waals surface area contributed by atoms with E-state index in [1.54, 1.807) is 10.9 Å². The zero-order valence-corrected chi connectivity index (χ0v) is 8.99. The van der Waals surface area contributed by atoms with E-state index in [1.807, 2.05) is 31.3 Å². The molecule has 0 saturated heterocycles. The van der Waals surface area contributed by atoms with Crippen molar-refractivity contribution in [3.8, 4) is 0 Å². The lowest BCUT2D eigenvalue weighted by Gasteiger charge is -2.03. The number of nitrogens with one attached hydrogen (secondary N) is 1. The fourth-order valence-corrected chi connectivity index (χ4v) is 1.50. The Labute approximate surface area is 92.7 Å². The predicted octanol–water partition coefficient (Wildman–Crippen LogP) is 2.40. The SMILES string of the molecule is Cn1cc(N)c(Nc2cccc(Cl)c2)n1. The maximum atomic E-state index is 5.86. The normalized spacial score (nSPS) is 10.3. The molecule has 0 saturated carbocycles. The highest BCUT2D eigenvalue weighted by Crippen LogP contribution is 2.22. The highest BCUT2D eigenvalue weighted by Gasteiger charge is 2.03. The fourth-order valence-electron chi connectivity index (χ4n) is 1.31. The number of aryl methyl sites for hydroxylation is 1. The van der Waals surface area contributed by atoms with E-state index in [2.05, 4.69) is 10.4 Å².